The zero-order valence-electron chi connectivity index (χ0n) is 7.83. The monoisotopic (exact) mass is 183 g/mol. The predicted molar refractivity (Wildman–Crippen MR) is 51.6 cm³/mol. The fourth-order valence-electron chi connectivity index (χ4n) is 1.60. The number of hydrogen-bond acceptors (Lipinski definition) is 2. The van der Waals surface area contributed by atoms with Gasteiger partial charge in [-0.15, -0.1) is 0 Å². The molecule has 0 aromatic carbocycles. The van der Waals surface area contributed by atoms with Crippen molar-refractivity contribution >= 4 is 5.97 Å². The van der Waals surface area contributed by atoms with Gasteiger partial charge in [-0.1, -0.05) is 12.2 Å². The van der Waals surface area contributed by atoms with Gasteiger partial charge < -0.3 is 10.4 Å². The van der Waals surface area contributed by atoms with Crippen LogP contribution in [0.2, 0.25) is 0 Å². The minimum atomic E-state index is -0.752. The van der Waals surface area contributed by atoms with Crippen LogP contribution in [0, 0.1) is 5.92 Å². The molecule has 3 nitrogen and oxygen atoms in total. The summed E-state index contributed by atoms with van der Waals surface area (Å²) >= 11 is 0. The molecule has 0 aliphatic carbocycles. The summed E-state index contributed by atoms with van der Waals surface area (Å²) in [6.07, 6.45) is 7.42. The van der Waals surface area contributed by atoms with Gasteiger partial charge in [-0.2, -0.15) is 0 Å². The average Bonchev–Trinajstić information content (AvgIpc) is 2.14. The molecule has 1 aliphatic rings. The Balaban J connectivity index is 2.09. The molecule has 1 rings (SSSR count). The van der Waals surface area contributed by atoms with Crippen LogP contribution in [0.1, 0.15) is 25.7 Å². The quantitative estimate of drug-likeness (QED) is 0.648. The molecule has 0 aromatic rings. The van der Waals surface area contributed by atoms with Crippen molar-refractivity contribution < 1.29 is 9.90 Å². The molecule has 1 saturated heterocycles. The highest BCUT2D eigenvalue weighted by Gasteiger charge is 2.10. The lowest BCUT2D eigenvalue weighted by molar-refractivity contribution is -0.136. The molecule has 1 unspecified atom stereocenters. The highest BCUT2D eigenvalue weighted by molar-refractivity contribution is 5.68. The molecule has 0 aromatic heterocycles. The van der Waals surface area contributed by atoms with Crippen molar-refractivity contribution in [1.82, 2.24) is 5.32 Å². The van der Waals surface area contributed by atoms with E-state index in [1.54, 1.807) is 6.08 Å². The summed E-state index contributed by atoms with van der Waals surface area (Å²) in [6, 6.07) is 0. The lowest BCUT2D eigenvalue weighted by atomic mass is 9.96. The number of nitrogens with one attached hydrogen (secondary N) is 1. The van der Waals surface area contributed by atoms with Crippen molar-refractivity contribution in [3.63, 3.8) is 0 Å². The first-order valence-corrected chi connectivity index (χ1v) is 4.86. The SMILES string of the molecule is O=C(O)C/C=C\CC1CCCNC1. The molecule has 0 amide bonds. The van der Waals surface area contributed by atoms with E-state index in [2.05, 4.69) is 5.32 Å². The van der Waals surface area contributed by atoms with Gasteiger partial charge >= 0.3 is 5.97 Å². The molecule has 1 heterocycles. The first-order valence-electron chi connectivity index (χ1n) is 4.86. The zero-order chi connectivity index (χ0) is 9.52. The van der Waals surface area contributed by atoms with Crippen LogP contribution in [0.15, 0.2) is 12.2 Å². The predicted octanol–water partition coefficient (Wildman–Crippen LogP) is 1.41. The minimum Gasteiger partial charge on any atom is -0.481 e. The summed E-state index contributed by atoms with van der Waals surface area (Å²) in [5, 5.41) is 11.7. The standard InChI is InChI=1S/C10H17NO2/c12-10(13)6-2-1-4-9-5-3-7-11-8-9/h1-2,9,11H,3-8H2,(H,12,13)/b2-1-. The zero-order valence-corrected chi connectivity index (χ0v) is 7.83. The largest absolute Gasteiger partial charge is 0.481 e. The maximum absolute atomic E-state index is 10.2. The highest BCUT2D eigenvalue weighted by atomic mass is 16.4. The van der Waals surface area contributed by atoms with E-state index in [-0.39, 0.29) is 6.42 Å². The summed E-state index contributed by atoms with van der Waals surface area (Å²) in [7, 11) is 0. The Bertz CT molecular complexity index is 183. The van der Waals surface area contributed by atoms with Gasteiger partial charge in [0.1, 0.15) is 0 Å². The molecule has 1 fully saturated rings. The van der Waals surface area contributed by atoms with Crippen molar-refractivity contribution in [3.8, 4) is 0 Å². The fourth-order valence-corrected chi connectivity index (χ4v) is 1.60. The van der Waals surface area contributed by atoms with Crippen LogP contribution < -0.4 is 5.32 Å². The van der Waals surface area contributed by atoms with E-state index in [4.69, 9.17) is 5.11 Å². The number of hydrogen-bond donors (Lipinski definition) is 2. The van der Waals surface area contributed by atoms with E-state index in [9.17, 15) is 4.79 Å². The second kappa shape index (κ2) is 5.75. The van der Waals surface area contributed by atoms with Crippen molar-refractivity contribution in [2.75, 3.05) is 13.1 Å². The van der Waals surface area contributed by atoms with Crippen LogP contribution in [-0.2, 0) is 4.79 Å². The number of aliphatic carboxylic acids is 1. The molecule has 1 atom stereocenters. The van der Waals surface area contributed by atoms with E-state index in [0.29, 0.717) is 5.92 Å². The van der Waals surface area contributed by atoms with E-state index >= 15 is 0 Å². The van der Waals surface area contributed by atoms with Gasteiger partial charge in [0.05, 0.1) is 6.42 Å². The summed E-state index contributed by atoms with van der Waals surface area (Å²) in [4.78, 5) is 10.2. The van der Waals surface area contributed by atoms with Crippen molar-refractivity contribution in [1.29, 1.82) is 0 Å². The van der Waals surface area contributed by atoms with Gasteiger partial charge in [-0.05, 0) is 38.3 Å². The molecule has 0 bridgehead atoms. The average molecular weight is 183 g/mol. The summed E-state index contributed by atoms with van der Waals surface area (Å²) in [5.74, 6) is -0.0446. The van der Waals surface area contributed by atoms with Gasteiger partial charge in [0.15, 0.2) is 0 Å². The lowest BCUT2D eigenvalue weighted by Gasteiger charge is -2.21. The molecule has 74 valence electrons. The van der Waals surface area contributed by atoms with E-state index in [1.165, 1.54) is 12.8 Å². The number of rotatable bonds is 4. The first kappa shape index (κ1) is 10.3. The third kappa shape index (κ3) is 4.68. The lowest BCUT2D eigenvalue weighted by Crippen LogP contribution is -2.29. The van der Waals surface area contributed by atoms with Gasteiger partial charge in [0, 0.05) is 0 Å². The van der Waals surface area contributed by atoms with Crippen LogP contribution in [0.3, 0.4) is 0 Å². The Morgan fingerprint density at radius 2 is 2.38 bits per heavy atom. The summed E-state index contributed by atoms with van der Waals surface area (Å²) in [5.41, 5.74) is 0. The van der Waals surface area contributed by atoms with Crippen molar-refractivity contribution in [2.24, 2.45) is 5.92 Å². The van der Waals surface area contributed by atoms with E-state index in [0.717, 1.165) is 19.5 Å². The summed E-state index contributed by atoms with van der Waals surface area (Å²) < 4.78 is 0. The molecule has 1 aliphatic heterocycles. The molecule has 13 heavy (non-hydrogen) atoms. The van der Waals surface area contributed by atoms with Crippen LogP contribution in [-0.4, -0.2) is 24.2 Å². The summed E-state index contributed by atoms with van der Waals surface area (Å²) in [6.45, 7) is 2.22. The maximum atomic E-state index is 10.2. The maximum Gasteiger partial charge on any atom is 0.307 e. The smallest absolute Gasteiger partial charge is 0.307 e. The van der Waals surface area contributed by atoms with Gasteiger partial charge in [0.25, 0.3) is 0 Å². The molecule has 3 heteroatoms. The minimum absolute atomic E-state index is 0.153. The van der Waals surface area contributed by atoms with Crippen molar-refractivity contribution in [2.45, 2.75) is 25.7 Å². The van der Waals surface area contributed by atoms with Crippen LogP contribution in [0.4, 0.5) is 0 Å². The van der Waals surface area contributed by atoms with Crippen LogP contribution in [0.5, 0.6) is 0 Å². The molecule has 0 radical (unpaired) electrons. The Labute approximate surface area is 78.8 Å². The molecule has 2 N–H and O–H groups in total. The number of carboxylic acid groups (broad SMARTS) is 1. The fraction of sp³-hybridized carbons (Fsp3) is 0.700. The Kier molecular flexibility index (Phi) is 4.54. The highest BCUT2D eigenvalue weighted by Crippen LogP contribution is 2.14. The second-order valence-electron chi connectivity index (χ2n) is 3.52. The van der Waals surface area contributed by atoms with E-state index in [1.807, 2.05) is 6.08 Å². The Morgan fingerprint density at radius 1 is 1.54 bits per heavy atom. The first-order chi connectivity index (χ1) is 6.29. The van der Waals surface area contributed by atoms with Gasteiger partial charge in [-0.25, -0.2) is 0 Å². The second-order valence-corrected chi connectivity index (χ2v) is 3.52. The van der Waals surface area contributed by atoms with Crippen LogP contribution in [0.25, 0.3) is 0 Å². The number of carbonyl (C=O) groups is 1. The Morgan fingerprint density at radius 3 is 3.00 bits per heavy atom. The number of carboxylic acids is 1. The molecule has 0 saturated carbocycles. The normalized spacial score (nSPS) is 23.5. The van der Waals surface area contributed by atoms with Crippen molar-refractivity contribution in [3.05, 3.63) is 12.2 Å². The van der Waals surface area contributed by atoms with Gasteiger partial charge in [-0.3, -0.25) is 4.79 Å². The van der Waals surface area contributed by atoms with Gasteiger partial charge in [0.2, 0.25) is 0 Å². The molecule has 0 spiro atoms. The van der Waals surface area contributed by atoms with Crippen LogP contribution >= 0.6 is 0 Å². The number of allylic oxidation sites excluding steroid dienone is 1. The molecular formula is C10H17NO2. The molecular weight excluding hydrogens is 166 g/mol. The topological polar surface area (TPSA) is 49.3 Å². The Hall–Kier alpha value is -0.830. The van der Waals surface area contributed by atoms with E-state index < -0.39 is 5.97 Å². The third-order valence-corrected chi connectivity index (χ3v) is 2.33. The third-order valence-electron chi connectivity index (χ3n) is 2.33. The number of piperidine rings is 1.